The minimum atomic E-state index is -0.166. The molecule has 0 aliphatic rings. The van der Waals surface area contributed by atoms with Crippen molar-refractivity contribution in [3.63, 3.8) is 0 Å². The van der Waals surface area contributed by atoms with Crippen molar-refractivity contribution in [1.29, 1.82) is 0 Å². The van der Waals surface area contributed by atoms with E-state index >= 15 is 0 Å². The maximum absolute atomic E-state index is 12.9. The Bertz CT molecular complexity index is 1110. The summed E-state index contributed by atoms with van der Waals surface area (Å²) in [5.41, 5.74) is 2.29. The molecule has 1 aromatic heterocycles. The van der Waals surface area contributed by atoms with Crippen LogP contribution in [0.1, 0.15) is 22.6 Å². The fourth-order valence-corrected chi connectivity index (χ4v) is 3.69. The number of halogens is 1. The first kappa shape index (κ1) is 23.3. The fourth-order valence-electron chi connectivity index (χ4n) is 3.50. The predicted molar refractivity (Wildman–Crippen MR) is 129 cm³/mol. The standard InChI is InChI=1S/C25H27ClN4O2/c1-3-15-29(16-4-2)24(31)18-30-22-12-6-5-11-21(22)28-23(30)13-8-14-27-25(32)19-9-7-10-20(26)17-19/h3-7,9-12,17H,1-2,8,13-16,18H2,(H,27,32). The molecule has 0 bridgehead atoms. The van der Waals surface area contributed by atoms with Gasteiger partial charge < -0.3 is 14.8 Å². The second-order valence-corrected chi connectivity index (χ2v) is 7.79. The molecule has 166 valence electrons. The number of hydrogen-bond donors (Lipinski definition) is 1. The second kappa shape index (κ2) is 11.3. The van der Waals surface area contributed by atoms with E-state index in [2.05, 4.69) is 18.5 Å². The molecule has 3 aromatic rings. The van der Waals surface area contributed by atoms with E-state index in [-0.39, 0.29) is 18.4 Å². The largest absolute Gasteiger partial charge is 0.352 e. The number of benzene rings is 2. The zero-order chi connectivity index (χ0) is 22.9. The summed E-state index contributed by atoms with van der Waals surface area (Å²) in [7, 11) is 0. The highest BCUT2D eigenvalue weighted by atomic mass is 35.5. The number of nitrogens with one attached hydrogen (secondary N) is 1. The summed E-state index contributed by atoms with van der Waals surface area (Å²) in [5.74, 6) is 0.623. The van der Waals surface area contributed by atoms with Crippen molar-refractivity contribution in [2.24, 2.45) is 0 Å². The molecule has 2 amide bonds. The molecule has 1 heterocycles. The quantitative estimate of drug-likeness (QED) is 0.350. The number of carbonyl (C=O) groups excluding carboxylic acids is 2. The number of nitrogens with zero attached hydrogens (tertiary/aromatic N) is 3. The Morgan fingerprint density at radius 1 is 1.09 bits per heavy atom. The van der Waals surface area contributed by atoms with Crippen LogP contribution in [0.3, 0.4) is 0 Å². The SMILES string of the molecule is C=CCN(CC=C)C(=O)Cn1c(CCCNC(=O)c2cccc(Cl)c2)nc2ccccc21. The highest BCUT2D eigenvalue weighted by molar-refractivity contribution is 6.30. The Morgan fingerprint density at radius 2 is 1.84 bits per heavy atom. The second-order valence-electron chi connectivity index (χ2n) is 7.35. The van der Waals surface area contributed by atoms with Gasteiger partial charge in [0, 0.05) is 36.6 Å². The summed E-state index contributed by atoms with van der Waals surface area (Å²) in [4.78, 5) is 31.6. The number of carbonyl (C=O) groups is 2. The lowest BCUT2D eigenvalue weighted by Gasteiger charge is -2.20. The van der Waals surface area contributed by atoms with Crippen LogP contribution >= 0.6 is 11.6 Å². The lowest BCUT2D eigenvalue weighted by molar-refractivity contribution is -0.130. The van der Waals surface area contributed by atoms with E-state index in [4.69, 9.17) is 16.6 Å². The monoisotopic (exact) mass is 450 g/mol. The van der Waals surface area contributed by atoms with Crippen LogP contribution in [0.5, 0.6) is 0 Å². The number of aryl methyl sites for hydroxylation is 1. The summed E-state index contributed by atoms with van der Waals surface area (Å²) >= 11 is 5.96. The summed E-state index contributed by atoms with van der Waals surface area (Å²) in [6.45, 7) is 9.06. The van der Waals surface area contributed by atoms with Gasteiger partial charge in [-0.1, -0.05) is 42.0 Å². The van der Waals surface area contributed by atoms with Gasteiger partial charge in [-0.3, -0.25) is 9.59 Å². The van der Waals surface area contributed by atoms with Gasteiger partial charge in [0.05, 0.1) is 11.0 Å². The zero-order valence-electron chi connectivity index (χ0n) is 18.0. The maximum Gasteiger partial charge on any atom is 0.251 e. The number of rotatable bonds is 11. The van der Waals surface area contributed by atoms with Gasteiger partial charge in [-0.05, 0) is 36.8 Å². The molecule has 0 aliphatic carbocycles. The van der Waals surface area contributed by atoms with Gasteiger partial charge in [0.15, 0.2) is 0 Å². The van der Waals surface area contributed by atoms with E-state index in [1.54, 1.807) is 41.3 Å². The number of imidazole rings is 1. The van der Waals surface area contributed by atoms with Crippen LogP contribution in [0.25, 0.3) is 11.0 Å². The Kier molecular flexibility index (Phi) is 8.22. The van der Waals surface area contributed by atoms with Crippen molar-refractivity contribution in [3.05, 3.63) is 90.3 Å². The molecule has 7 heteroatoms. The third-order valence-electron chi connectivity index (χ3n) is 5.03. The zero-order valence-corrected chi connectivity index (χ0v) is 18.7. The van der Waals surface area contributed by atoms with Crippen molar-refractivity contribution in [1.82, 2.24) is 19.8 Å². The highest BCUT2D eigenvalue weighted by Gasteiger charge is 2.17. The topological polar surface area (TPSA) is 67.2 Å². The van der Waals surface area contributed by atoms with E-state index in [0.29, 0.717) is 43.1 Å². The minimum absolute atomic E-state index is 0.0246. The summed E-state index contributed by atoms with van der Waals surface area (Å²) in [6, 6.07) is 14.6. The third-order valence-corrected chi connectivity index (χ3v) is 5.26. The van der Waals surface area contributed by atoms with Crippen molar-refractivity contribution in [2.45, 2.75) is 19.4 Å². The molecular weight excluding hydrogens is 424 g/mol. The van der Waals surface area contributed by atoms with E-state index in [1.807, 2.05) is 28.8 Å². The summed E-state index contributed by atoms with van der Waals surface area (Å²) < 4.78 is 1.95. The lowest BCUT2D eigenvalue weighted by Crippen LogP contribution is -2.34. The van der Waals surface area contributed by atoms with E-state index in [0.717, 1.165) is 16.9 Å². The first-order valence-corrected chi connectivity index (χ1v) is 10.9. The number of fused-ring (bicyclic) bond motifs is 1. The smallest absolute Gasteiger partial charge is 0.251 e. The molecular formula is C25H27ClN4O2. The minimum Gasteiger partial charge on any atom is -0.352 e. The summed E-state index contributed by atoms with van der Waals surface area (Å²) in [6.07, 6.45) is 4.72. The van der Waals surface area contributed by atoms with Gasteiger partial charge in [-0.25, -0.2) is 4.98 Å². The molecule has 0 atom stereocenters. The van der Waals surface area contributed by atoms with Crippen LogP contribution in [-0.4, -0.2) is 45.9 Å². The highest BCUT2D eigenvalue weighted by Crippen LogP contribution is 2.18. The van der Waals surface area contributed by atoms with Crippen molar-refractivity contribution < 1.29 is 9.59 Å². The number of aromatic nitrogens is 2. The summed E-state index contributed by atoms with van der Waals surface area (Å²) in [5, 5.41) is 3.44. The normalized spacial score (nSPS) is 10.7. The predicted octanol–water partition coefficient (Wildman–Crippen LogP) is 4.25. The Balaban J connectivity index is 1.68. The lowest BCUT2D eigenvalue weighted by atomic mass is 10.2. The van der Waals surface area contributed by atoms with E-state index in [1.165, 1.54) is 0 Å². The molecule has 0 saturated carbocycles. The van der Waals surface area contributed by atoms with Crippen LogP contribution < -0.4 is 5.32 Å². The van der Waals surface area contributed by atoms with E-state index < -0.39 is 0 Å². The Morgan fingerprint density at radius 3 is 2.56 bits per heavy atom. The molecule has 0 radical (unpaired) electrons. The van der Waals surface area contributed by atoms with Gasteiger partial charge >= 0.3 is 0 Å². The van der Waals surface area contributed by atoms with Crippen molar-refractivity contribution in [2.75, 3.05) is 19.6 Å². The number of amides is 2. The molecule has 6 nitrogen and oxygen atoms in total. The van der Waals surface area contributed by atoms with Crippen LogP contribution in [0, 0.1) is 0 Å². The molecule has 0 saturated heterocycles. The Labute approximate surface area is 193 Å². The average Bonchev–Trinajstić information content (AvgIpc) is 3.13. The van der Waals surface area contributed by atoms with Crippen LogP contribution in [-0.2, 0) is 17.8 Å². The van der Waals surface area contributed by atoms with Gasteiger partial charge in [0.1, 0.15) is 12.4 Å². The first-order chi connectivity index (χ1) is 15.5. The molecule has 3 rings (SSSR count). The van der Waals surface area contributed by atoms with Crippen LogP contribution in [0.2, 0.25) is 5.02 Å². The average molecular weight is 451 g/mol. The maximum atomic E-state index is 12.9. The van der Waals surface area contributed by atoms with Gasteiger partial charge in [-0.15, -0.1) is 13.2 Å². The van der Waals surface area contributed by atoms with Gasteiger partial charge in [0.2, 0.25) is 5.91 Å². The molecule has 0 aliphatic heterocycles. The molecule has 32 heavy (non-hydrogen) atoms. The molecule has 0 spiro atoms. The third kappa shape index (κ3) is 5.86. The van der Waals surface area contributed by atoms with Crippen molar-refractivity contribution in [3.8, 4) is 0 Å². The molecule has 0 fully saturated rings. The van der Waals surface area contributed by atoms with Crippen molar-refractivity contribution >= 4 is 34.4 Å². The van der Waals surface area contributed by atoms with Gasteiger partial charge in [-0.2, -0.15) is 0 Å². The van der Waals surface area contributed by atoms with Crippen LogP contribution in [0.4, 0.5) is 0 Å². The number of para-hydroxylation sites is 2. The van der Waals surface area contributed by atoms with Gasteiger partial charge in [0.25, 0.3) is 5.91 Å². The van der Waals surface area contributed by atoms with E-state index in [9.17, 15) is 9.59 Å². The fraction of sp³-hybridized carbons (Fsp3) is 0.240. The molecule has 0 unspecified atom stereocenters. The van der Waals surface area contributed by atoms with Crippen LogP contribution in [0.15, 0.2) is 73.8 Å². The molecule has 1 N–H and O–H groups in total. The number of hydrogen-bond acceptors (Lipinski definition) is 3. The first-order valence-electron chi connectivity index (χ1n) is 10.5. The Hall–Kier alpha value is -3.38. The molecule has 2 aromatic carbocycles.